The minimum Gasteiger partial charge on any atom is -0.317 e. The SMILES string of the molecule is CC(C)N(CC1CCNCC1)S(=O)(=O)Cc1ccccc1. The molecule has 0 bridgehead atoms. The van der Waals surface area contributed by atoms with Gasteiger partial charge in [0.05, 0.1) is 5.75 Å². The summed E-state index contributed by atoms with van der Waals surface area (Å²) >= 11 is 0. The van der Waals surface area contributed by atoms with Crippen molar-refractivity contribution in [1.82, 2.24) is 9.62 Å². The quantitative estimate of drug-likeness (QED) is 0.876. The topological polar surface area (TPSA) is 49.4 Å². The minimum atomic E-state index is -3.26. The van der Waals surface area contributed by atoms with Crippen LogP contribution in [0.1, 0.15) is 32.3 Å². The number of nitrogens with zero attached hydrogens (tertiary/aromatic N) is 1. The molecule has 0 saturated carbocycles. The van der Waals surface area contributed by atoms with E-state index in [9.17, 15) is 8.42 Å². The fourth-order valence-electron chi connectivity index (χ4n) is 2.83. The highest BCUT2D eigenvalue weighted by molar-refractivity contribution is 7.88. The van der Waals surface area contributed by atoms with E-state index in [4.69, 9.17) is 0 Å². The molecule has 4 nitrogen and oxygen atoms in total. The van der Waals surface area contributed by atoms with Gasteiger partial charge in [-0.2, -0.15) is 4.31 Å². The Morgan fingerprint density at radius 3 is 2.38 bits per heavy atom. The van der Waals surface area contributed by atoms with Gasteiger partial charge in [-0.05, 0) is 51.3 Å². The summed E-state index contributed by atoms with van der Waals surface area (Å²) in [5.41, 5.74) is 0.855. The third-order valence-corrected chi connectivity index (χ3v) is 6.01. The summed E-state index contributed by atoms with van der Waals surface area (Å²) in [5.74, 6) is 0.566. The largest absolute Gasteiger partial charge is 0.317 e. The molecule has 1 aromatic carbocycles. The van der Waals surface area contributed by atoms with Crippen LogP contribution in [-0.2, 0) is 15.8 Å². The van der Waals surface area contributed by atoms with Crippen LogP contribution in [0.5, 0.6) is 0 Å². The highest BCUT2D eigenvalue weighted by atomic mass is 32.2. The van der Waals surface area contributed by atoms with E-state index in [0.29, 0.717) is 12.5 Å². The number of hydrogen-bond donors (Lipinski definition) is 1. The van der Waals surface area contributed by atoms with Gasteiger partial charge in [0.2, 0.25) is 10.0 Å². The van der Waals surface area contributed by atoms with Crippen molar-refractivity contribution in [3.05, 3.63) is 35.9 Å². The van der Waals surface area contributed by atoms with Gasteiger partial charge in [0.15, 0.2) is 0 Å². The predicted molar refractivity (Wildman–Crippen MR) is 86.5 cm³/mol. The fourth-order valence-corrected chi connectivity index (χ4v) is 4.69. The number of nitrogens with one attached hydrogen (secondary N) is 1. The molecule has 1 fully saturated rings. The van der Waals surface area contributed by atoms with Crippen molar-refractivity contribution in [1.29, 1.82) is 0 Å². The number of rotatable bonds is 6. The predicted octanol–water partition coefficient (Wildman–Crippen LogP) is 2.23. The number of hydrogen-bond acceptors (Lipinski definition) is 3. The van der Waals surface area contributed by atoms with Crippen LogP contribution >= 0.6 is 0 Å². The molecule has 2 rings (SSSR count). The summed E-state index contributed by atoms with van der Waals surface area (Å²) < 4.78 is 27.1. The highest BCUT2D eigenvalue weighted by Gasteiger charge is 2.28. The summed E-state index contributed by atoms with van der Waals surface area (Å²) in [4.78, 5) is 0. The second-order valence-electron chi connectivity index (χ2n) is 6.10. The van der Waals surface area contributed by atoms with Crippen LogP contribution in [0.3, 0.4) is 0 Å². The van der Waals surface area contributed by atoms with Crippen molar-refractivity contribution in [3.63, 3.8) is 0 Å². The zero-order valence-electron chi connectivity index (χ0n) is 13.0. The molecule has 1 aliphatic heterocycles. The van der Waals surface area contributed by atoms with E-state index in [1.807, 2.05) is 44.2 Å². The van der Waals surface area contributed by atoms with Gasteiger partial charge < -0.3 is 5.32 Å². The molecule has 118 valence electrons. The zero-order valence-corrected chi connectivity index (χ0v) is 13.8. The Kier molecular flexibility index (Phi) is 5.79. The Hall–Kier alpha value is -0.910. The number of benzene rings is 1. The van der Waals surface area contributed by atoms with Gasteiger partial charge >= 0.3 is 0 Å². The van der Waals surface area contributed by atoms with Crippen molar-refractivity contribution in [2.24, 2.45) is 5.92 Å². The first kappa shape index (κ1) is 16.5. The standard InChI is InChI=1S/C16H26N2O2S/c1-14(2)18(12-15-8-10-17-11-9-15)21(19,20)13-16-6-4-3-5-7-16/h3-7,14-15,17H,8-13H2,1-2H3. The second-order valence-corrected chi connectivity index (χ2v) is 8.02. The number of piperidine rings is 1. The summed E-state index contributed by atoms with van der Waals surface area (Å²) in [6.45, 7) is 6.56. The van der Waals surface area contributed by atoms with Crippen LogP contribution in [0.15, 0.2) is 30.3 Å². The second kappa shape index (κ2) is 7.38. The molecule has 5 heteroatoms. The Morgan fingerprint density at radius 1 is 1.19 bits per heavy atom. The zero-order chi connectivity index (χ0) is 15.3. The van der Waals surface area contributed by atoms with Crippen molar-refractivity contribution in [3.8, 4) is 0 Å². The van der Waals surface area contributed by atoms with E-state index < -0.39 is 10.0 Å². The van der Waals surface area contributed by atoms with Crippen LogP contribution < -0.4 is 5.32 Å². The summed E-state index contributed by atoms with van der Waals surface area (Å²) in [6, 6.07) is 9.44. The molecule has 0 spiro atoms. The molecule has 1 heterocycles. The smallest absolute Gasteiger partial charge is 0.218 e. The first-order valence-corrected chi connectivity index (χ1v) is 9.34. The van der Waals surface area contributed by atoms with Gasteiger partial charge in [-0.3, -0.25) is 0 Å². The van der Waals surface area contributed by atoms with E-state index in [0.717, 1.165) is 31.5 Å². The summed E-state index contributed by atoms with van der Waals surface area (Å²) in [5, 5.41) is 3.33. The lowest BCUT2D eigenvalue weighted by Gasteiger charge is -2.32. The van der Waals surface area contributed by atoms with Crippen LogP contribution in [0.4, 0.5) is 0 Å². The summed E-state index contributed by atoms with van der Waals surface area (Å²) in [7, 11) is -3.26. The molecule has 0 radical (unpaired) electrons. The van der Waals surface area contributed by atoms with E-state index in [2.05, 4.69) is 5.32 Å². The average Bonchev–Trinajstić information content (AvgIpc) is 2.46. The number of sulfonamides is 1. The van der Waals surface area contributed by atoms with Gasteiger partial charge in [-0.15, -0.1) is 0 Å². The third kappa shape index (κ3) is 4.80. The summed E-state index contributed by atoms with van der Waals surface area (Å²) in [6.07, 6.45) is 2.12. The Labute approximate surface area is 128 Å². The maximum Gasteiger partial charge on any atom is 0.218 e. The van der Waals surface area contributed by atoms with Gasteiger partial charge in [0.25, 0.3) is 0 Å². The van der Waals surface area contributed by atoms with Crippen LogP contribution in [0, 0.1) is 5.92 Å². The van der Waals surface area contributed by atoms with Crippen LogP contribution in [-0.4, -0.2) is 38.4 Å². The lowest BCUT2D eigenvalue weighted by atomic mass is 9.98. The molecule has 1 N–H and O–H groups in total. The van der Waals surface area contributed by atoms with Gasteiger partial charge in [-0.1, -0.05) is 30.3 Å². The fraction of sp³-hybridized carbons (Fsp3) is 0.625. The van der Waals surface area contributed by atoms with Crippen molar-refractivity contribution in [2.75, 3.05) is 19.6 Å². The molecule has 0 aromatic heterocycles. The molecule has 0 atom stereocenters. The van der Waals surface area contributed by atoms with Crippen LogP contribution in [0.2, 0.25) is 0 Å². The van der Waals surface area contributed by atoms with Crippen molar-refractivity contribution in [2.45, 2.75) is 38.5 Å². The van der Waals surface area contributed by atoms with Gasteiger partial charge in [-0.25, -0.2) is 8.42 Å². The molecule has 0 unspecified atom stereocenters. The lowest BCUT2D eigenvalue weighted by Crippen LogP contribution is -2.43. The Balaban J connectivity index is 2.08. The normalized spacial score (nSPS) is 17.5. The third-order valence-electron chi connectivity index (χ3n) is 4.02. The highest BCUT2D eigenvalue weighted by Crippen LogP contribution is 2.20. The molecule has 1 aromatic rings. The van der Waals surface area contributed by atoms with Crippen molar-refractivity contribution >= 4 is 10.0 Å². The van der Waals surface area contributed by atoms with Crippen molar-refractivity contribution < 1.29 is 8.42 Å². The lowest BCUT2D eigenvalue weighted by molar-refractivity contribution is 0.260. The van der Waals surface area contributed by atoms with Gasteiger partial charge in [0.1, 0.15) is 0 Å². The Bertz CT molecular complexity index is 522. The minimum absolute atomic E-state index is 0.00796. The molecule has 0 aliphatic carbocycles. The monoisotopic (exact) mass is 310 g/mol. The van der Waals surface area contributed by atoms with Crippen LogP contribution in [0.25, 0.3) is 0 Å². The molecular formula is C16H26N2O2S. The molecule has 1 aliphatic rings. The van der Waals surface area contributed by atoms with E-state index in [1.165, 1.54) is 0 Å². The molecule has 0 amide bonds. The van der Waals surface area contributed by atoms with Gasteiger partial charge in [0, 0.05) is 12.6 Å². The Morgan fingerprint density at radius 2 is 1.81 bits per heavy atom. The van der Waals surface area contributed by atoms with E-state index in [-0.39, 0.29) is 11.8 Å². The van der Waals surface area contributed by atoms with E-state index in [1.54, 1.807) is 4.31 Å². The first-order valence-electron chi connectivity index (χ1n) is 7.73. The van der Waals surface area contributed by atoms with E-state index >= 15 is 0 Å². The first-order chi connectivity index (χ1) is 9.99. The maximum absolute atomic E-state index is 12.7. The average molecular weight is 310 g/mol. The molecular weight excluding hydrogens is 284 g/mol. The molecule has 21 heavy (non-hydrogen) atoms. The maximum atomic E-state index is 12.7. The molecule has 1 saturated heterocycles.